The van der Waals surface area contributed by atoms with Gasteiger partial charge in [0.15, 0.2) is 6.39 Å². The first-order valence-electron chi connectivity index (χ1n) is 2.70. The van der Waals surface area contributed by atoms with Crippen molar-refractivity contribution in [1.29, 1.82) is 0 Å². The fraction of sp³-hybridized carbons (Fsp3) is 0.400. The first-order chi connectivity index (χ1) is 4.38. The number of oxazole rings is 1. The summed E-state index contributed by atoms with van der Waals surface area (Å²) in [5.41, 5.74) is 11.3. The van der Waals surface area contributed by atoms with E-state index in [1.54, 1.807) is 0 Å². The topological polar surface area (TPSA) is 78.1 Å². The van der Waals surface area contributed by atoms with Crippen LogP contribution in [0.3, 0.4) is 0 Å². The van der Waals surface area contributed by atoms with Crippen molar-refractivity contribution in [3.05, 3.63) is 17.8 Å². The largest absolute Gasteiger partial charge is 0.447 e. The Morgan fingerprint density at radius 2 is 2.22 bits per heavy atom. The number of nitrogens with two attached hydrogens (primary N) is 2. The molecule has 0 amide bonds. The van der Waals surface area contributed by atoms with Gasteiger partial charge in [0.2, 0.25) is 0 Å². The number of nitrogens with zero attached hydrogens (tertiary/aromatic N) is 1. The fourth-order valence-electron chi connectivity index (χ4n) is 0.626. The van der Waals surface area contributed by atoms with Crippen LogP contribution in [0.1, 0.15) is 11.5 Å². The van der Waals surface area contributed by atoms with Gasteiger partial charge in [-0.3, -0.25) is 0 Å². The molecule has 1 aromatic heterocycles. The summed E-state index contributed by atoms with van der Waals surface area (Å²) in [6, 6.07) is 0. The van der Waals surface area contributed by atoms with E-state index in [1.165, 1.54) is 6.39 Å². The van der Waals surface area contributed by atoms with Crippen molar-refractivity contribution in [3.8, 4) is 0 Å². The van der Waals surface area contributed by atoms with E-state index in [-0.39, 0.29) is 0 Å². The molecule has 0 saturated heterocycles. The molecule has 0 spiro atoms. The summed E-state index contributed by atoms with van der Waals surface area (Å²) in [5.74, 6) is 0.678. The highest BCUT2D eigenvalue weighted by atomic mass is 16.3. The fourth-order valence-corrected chi connectivity index (χ4v) is 0.626. The number of rotatable bonds is 2. The van der Waals surface area contributed by atoms with Crippen LogP contribution in [-0.4, -0.2) is 4.98 Å². The Labute approximate surface area is 52.9 Å². The lowest BCUT2D eigenvalue weighted by molar-refractivity contribution is 0.503. The Hall–Kier alpha value is -0.870. The zero-order chi connectivity index (χ0) is 6.69. The van der Waals surface area contributed by atoms with E-state index in [1.807, 2.05) is 0 Å². The van der Waals surface area contributed by atoms with Gasteiger partial charge < -0.3 is 15.9 Å². The van der Waals surface area contributed by atoms with Crippen molar-refractivity contribution in [1.82, 2.24) is 4.98 Å². The van der Waals surface area contributed by atoms with Crippen molar-refractivity contribution in [2.75, 3.05) is 0 Å². The summed E-state index contributed by atoms with van der Waals surface area (Å²) in [6.07, 6.45) is 1.35. The van der Waals surface area contributed by atoms with E-state index in [2.05, 4.69) is 4.98 Å². The van der Waals surface area contributed by atoms with E-state index in [4.69, 9.17) is 15.9 Å². The molecule has 0 radical (unpaired) electrons. The normalized spacial score (nSPS) is 10.0. The zero-order valence-corrected chi connectivity index (χ0v) is 5.00. The lowest BCUT2D eigenvalue weighted by Crippen LogP contribution is -2.03. The molecule has 0 fully saturated rings. The van der Waals surface area contributed by atoms with Gasteiger partial charge in [0.05, 0.1) is 12.2 Å². The van der Waals surface area contributed by atoms with Crippen LogP contribution in [0.4, 0.5) is 0 Å². The van der Waals surface area contributed by atoms with E-state index in [0.29, 0.717) is 18.8 Å². The van der Waals surface area contributed by atoms with E-state index < -0.39 is 0 Å². The Morgan fingerprint density at radius 3 is 2.67 bits per heavy atom. The second-order valence-electron chi connectivity index (χ2n) is 1.63. The maximum absolute atomic E-state index is 5.29. The first-order valence-corrected chi connectivity index (χ1v) is 2.70. The highest BCUT2D eigenvalue weighted by Crippen LogP contribution is 2.02. The summed E-state index contributed by atoms with van der Waals surface area (Å²) in [7, 11) is 0. The van der Waals surface area contributed by atoms with E-state index in [0.717, 1.165) is 5.69 Å². The quantitative estimate of drug-likeness (QED) is 0.566. The average Bonchev–Trinajstić information content (AvgIpc) is 2.33. The van der Waals surface area contributed by atoms with Gasteiger partial charge in [0, 0.05) is 6.54 Å². The minimum absolute atomic E-state index is 0.368. The molecule has 0 unspecified atom stereocenters. The van der Waals surface area contributed by atoms with Crippen LogP contribution < -0.4 is 11.5 Å². The van der Waals surface area contributed by atoms with Crippen molar-refractivity contribution < 1.29 is 4.42 Å². The monoisotopic (exact) mass is 127 g/mol. The molecule has 9 heavy (non-hydrogen) atoms. The molecule has 50 valence electrons. The van der Waals surface area contributed by atoms with Crippen LogP contribution in [0, 0.1) is 0 Å². The number of aromatic nitrogens is 1. The molecular weight excluding hydrogens is 118 g/mol. The minimum atomic E-state index is 0.368. The molecule has 1 rings (SSSR count). The van der Waals surface area contributed by atoms with Crippen LogP contribution in [0.2, 0.25) is 0 Å². The van der Waals surface area contributed by atoms with Gasteiger partial charge in [0.25, 0.3) is 0 Å². The molecule has 1 heterocycles. The molecule has 0 aliphatic rings. The van der Waals surface area contributed by atoms with Gasteiger partial charge >= 0.3 is 0 Å². The second kappa shape index (κ2) is 2.61. The predicted molar refractivity (Wildman–Crippen MR) is 32.3 cm³/mol. The molecule has 4 N–H and O–H groups in total. The van der Waals surface area contributed by atoms with Gasteiger partial charge in [-0.25, -0.2) is 4.98 Å². The molecule has 1 aromatic rings. The van der Waals surface area contributed by atoms with Crippen LogP contribution in [-0.2, 0) is 13.1 Å². The molecule has 0 aliphatic heterocycles. The van der Waals surface area contributed by atoms with E-state index >= 15 is 0 Å². The summed E-state index contributed by atoms with van der Waals surface area (Å²) >= 11 is 0. The summed E-state index contributed by atoms with van der Waals surface area (Å²) in [6.45, 7) is 0.759. The van der Waals surface area contributed by atoms with Crippen molar-refractivity contribution in [3.63, 3.8) is 0 Å². The third kappa shape index (κ3) is 1.09. The molecule has 0 aromatic carbocycles. The van der Waals surface area contributed by atoms with Gasteiger partial charge in [-0.15, -0.1) is 0 Å². The Kier molecular flexibility index (Phi) is 1.81. The smallest absolute Gasteiger partial charge is 0.181 e. The van der Waals surface area contributed by atoms with Gasteiger partial charge in [-0.1, -0.05) is 0 Å². The van der Waals surface area contributed by atoms with Crippen molar-refractivity contribution in [2.45, 2.75) is 13.1 Å². The third-order valence-corrected chi connectivity index (χ3v) is 1.10. The molecule has 0 saturated carbocycles. The Bertz CT molecular complexity index is 166. The molecular formula is C5H9N3O. The van der Waals surface area contributed by atoms with Crippen molar-refractivity contribution >= 4 is 0 Å². The summed E-state index contributed by atoms with van der Waals surface area (Å²) in [4.78, 5) is 3.83. The first kappa shape index (κ1) is 6.25. The minimum Gasteiger partial charge on any atom is -0.447 e. The predicted octanol–water partition coefficient (Wildman–Crippen LogP) is -0.408. The Morgan fingerprint density at radius 1 is 1.44 bits per heavy atom. The zero-order valence-electron chi connectivity index (χ0n) is 5.00. The van der Waals surface area contributed by atoms with Crippen LogP contribution in [0.5, 0.6) is 0 Å². The number of hydrogen-bond donors (Lipinski definition) is 2. The standard InChI is InChI=1S/C5H9N3O/c6-1-4-5(2-7)9-3-8-4/h3H,1-2,6-7H2. The summed E-state index contributed by atoms with van der Waals surface area (Å²) < 4.78 is 4.89. The molecule has 0 atom stereocenters. The molecule has 4 nitrogen and oxygen atoms in total. The SMILES string of the molecule is NCc1ncoc1CN. The number of hydrogen-bond acceptors (Lipinski definition) is 4. The second-order valence-corrected chi connectivity index (χ2v) is 1.63. The van der Waals surface area contributed by atoms with Gasteiger partial charge in [0.1, 0.15) is 5.76 Å². The highest BCUT2D eigenvalue weighted by Gasteiger charge is 2.01. The van der Waals surface area contributed by atoms with Crippen molar-refractivity contribution in [2.24, 2.45) is 11.5 Å². The highest BCUT2D eigenvalue weighted by molar-refractivity contribution is 5.05. The lowest BCUT2D eigenvalue weighted by Gasteiger charge is -1.89. The lowest BCUT2D eigenvalue weighted by atomic mass is 10.3. The van der Waals surface area contributed by atoms with Crippen LogP contribution in [0.25, 0.3) is 0 Å². The molecule has 0 aliphatic carbocycles. The average molecular weight is 127 g/mol. The molecule has 4 heteroatoms. The van der Waals surface area contributed by atoms with E-state index in [9.17, 15) is 0 Å². The van der Waals surface area contributed by atoms with Crippen LogP contribution >= 0.6 is 0 Å². The maximum atomic E-state index is 5.29. The van der Waals surface area contributed by atoms with Gasteiger partial charge in [-0.2, -0.15) is 0 Å². The van der Waals surface area contributed by atoms with Crippen LogP contribution in [0.15, 0.2) is 10.8 Å². The summed E-state index contributed by atoms with van der Waals surface area (Å²) in [5, 5.41) is 0. The Balaban J connectivity index is 2.85. The molecule has 0 bridgehead atoms. The van der Waals surface area contributed by atoms with Gasteiger partial charge in [-0.05, 0) is 0 Å². The maximum Gasteiger partial charge on any atom is 0.181 e. The third-order valence-electron chi connectivity index (χ3n) is 1.10.